The molecule has 2 aliphatic carbocycles. The molecule has 0 saturated carbocycles. The van der Waals surface area contributed by atoms with E-state index in [1.807, 2.05) is 0 Å². The second kappa shape index (κ2) is 5.93. The number of nitrogens with one attached hydrogen (secondary N) is 1. The van der Waals surface area contributed by atoms with Gasteiger partial charge in [-0.25, -0.2) is 0 Å². The fourth-order valence-corrected chi connectivity index (χ4v) is 4.18. The molecule has 25 heavy (non-hydrogen) atoms. The molecule has 2 aliphatic rings. The van der Waals surface area contributed by atoms with Crippen molar-refractivity contribution in [1.29, 1.82) is 0 Å². The molecule has 0 fully saturated rings. The summed E-state index contributed by atoms with van der Waals surface area (Å²) in [6.07, 6.45) is 18.2. The summed E-state index contributed by atoms with van der Waals surface area (Å²) < 4.78 is 0. The van der Waals surface area contributed by atoms with E-state index in [4.69, 9.17) is 0 Å². The van der Waals surface area contributed by atoms with E-state index in [0.29, 0.717) is 11.8 Å². The van der Waals surface area contributed by atoms with Crippen LogP contribution in [-0.2, 0) is 0 Å². The Kier molecular flexibility index (Phi) is 3.45. The first-order chi connectivity index (χ1) is 12.4. The predicted octanol–water partition coefficient (Wildman–Crippen LogP) is 6.41. The van der Waals surface area contributed by atoms with Gasteiger partial charge in [0, 0.05) is 21.8 Å². The first-order valence-corrected chi connectivity index (χ1v) is 9.10. The molecule has 1 nitrogen and oxygen atoms in total. The minimum absolute atomic E-state index is 0.597. The maximum atomic E-state index is 3.57. The number of allylic oxidation sites excluding steroid dienone is 8. The quantitative estimate of drug-likeness (QED) is 0.560. The van der Waals surface area contributed by atoms with Gasteiger partial charge in [-0.15, -0.1) is 0 Å². The summed E-state index contributed by atoms with van der Waals surface area (Å²) in [6, 6.07) is 15.4. The number of para-hydroxylation sites is 1. The SMILES string of the molecule is C1=CCC(C2C=CC=C(c3ccc4c(c3)[nH]c3ccccc34)C2)C=C1. The van der Waals surface area contributed by atoms with E-state index in [1.165, 1.54) is 32.9 Å². The van der Waals surface area contributed by atoms with E-state index >= 15 is 0 Å². The third-order valence-electron chi connectivity index (χ3n) is 5.55. The van der Waals surface area contributed by atoms with E-state index in [0.717, 1.165) is 12.8 Å². The second-order valence-corrected chi connectivity index (χ2v) is 7.09. The third kappa shape index (κ3) is 2.56. The van der Waals surface area contributed by atoms with Crippen LogP contribution in [0.5, 0.6) is 0 Å². The summed E-state index contributed by atoms with van der Waals surface area (Å²) in [4.78, 5) is 3.57. The van der Waals surface area contributed by atoms with Crippen LogP contribution in [0.15, 0.2) is 85.0 Å². The highest BCUT2D eigenvalue weighted by molar-refractivity contribution is 6.07. The summed E-state index contributed by atoms with van der Waals surface area (Å²) in [5.74, 6) is 1.22. The van der Waals surface area contributed by atoms with Gasteiger partial charge in [-0.05, 0) is 47.9 Å². The van der Waals surface area contributed by atoms with Gasteiger partial charge in [0.05, 0.1) is 0 Å². The molecule has 0 amide bonds. The zero-order chi connectivity index (χ0) is 16.6. The molecule has 2 atom stereocenters. The van der Waals surface area contributed by atoms with Crippen LogP contribution in [0.4, 0.5) is 0 Å². The molecule has 5 rings (SSSR count). The molecular weight excluding hydrogens is 302 g/mol. The van der Waals surface area contributed by atoms with Crippen LogP contribution < -0.4 is 0 Å². The second-order valence-electron chi connectivity index (χ2n) is 7.09. The first-order valence-electron chi connectivity index (χ1n) is 9.10. The standard InChI is InChI=1S/C24H21N/c1-2-7-17(8-3-1)18-9-6-10-19(15-18)20-13-14-22-21-11-4-5-12-23(21)25-24(22)16-20/h1-7,9-14,16-18,25H,8,15H2. The topological polar surface area (TPSA) is 15.8 Å². The molecule has 0 saturated heterocycles. The van der Waals surface area contributed by atoms with Gasteiger partial charge in [0.15, 0.2) is 0 Å². The van der Waals surface area contributed by atoms with E-state index in [-0.39, 0.29) is 0 Å². The van der Waals surface area contributed by atoms with Crippen LogP contribution in [-0.4, -0.2) is 4.98 Å². The summed E-state index contributed by atoms with van der Waals surface area (Å²) in [7, 11) is 0. The number of benzene rings is 2. The van der Waals surface area contributed by atoms with Gasteiger partial charge in [0.2, 0.25) is 0 Å². The molecule has 1 heterocycles. The highest BCUT2D eigenvalue weighted by Crippen LogP contribution is 2.36. The lowest BCUT2D eigenvalue weighted by molar-refractivity contribution is 0.483. The molecule has 0 aliphatic heterocycles. The van der Waals surface area contributed by atoms with Gasteiger partial charge in [-0.2, -0.15) is 0 Å². The van der Waals surface area contributed by atoms with Crippen molar-refractivity contribution in [3.05, 3.63) is 90.6 Å². The van der Waals surface area contributed by atoms with Crippen molar-refractivity contribution in [3.63, 3.8) is 0 Å². The van der Waals surface area contributed by atoms with Crippen molar-refractivity contribution >= 4 is 27.4 Å². The Labute approximate surface area is 148 Å². The number of hydrogen-bond acceptors (Lipinski definition) is 0. The number of hydrogen-bond donors (Lipinski definition) is 1. The van der Waals surface area contributed by atoms with Gasteiger partial charge in [-0.1, -0.05) is 72.9 Å². The van der Waals surface area contributed by atoms with Gasteiger partial charge in [0.1, 0.15) is 0 Å². The van der Waals surface area contributed by atoms with Crippen molar-refractivity contribution in [3.8, 4) is 0 Å². The van der Waals surface area contributed by atoms with E-state index in [1.54, 1.807) is 0 Å². The van der Waals surface area contributed by atoms with Crippen LogP contribution >= 0.6 is 0 Å². The number of aromatic amines is 1. The first kappa shape index (κ1) is 14.5. The van der Waals surface area contributed by atoms with Crippen LogP contribution in [0.25, 0.3) is 27.4 Å². The molecule has 0 bridgehead atoms. The number of fused-ring (bicyclic) bond motifs is 3. The Morgan fingerprint density at radius 3 is 2.60 bits per heavy atom. The zero-order valence-electron chi connectivity index (χ0n) is 14.2. The van der Waals surface area contributed by atoms with Crippen LogP contribution in [0.1, 0.15) is 18.4 Å². The highest BCUT2D eigenvalue weighted by atomic mass is 14.7. The van der Waals surface area contributed by atoms with E-state index in [9.17, 15) is 0 Å². The van der Waals surface area contributed by atoms with Crippen molar-refractivity contribution in [1.82, 2.24) is 4.98 Å². The summed E-state index contributed by atoms with van der Waals surface area (Å²) in [6.45, 7) is 0. The van der Waals surface area contributed by atoms with Gasteiger partial charge in [0.25, 0.3) is 0 Å². The molecule has 0 radical (unpaired) electrons. The van der Waals surface area contributed by atoms with Gasteiger partial charge >= 0.3 is 0 Å². The minimum Gasteiger partial charge on any atom is -0.354 e. The predicted molar refractivity (Wildman–Crippen MR) is 107 cm³/mol. The lowest BCUT2D eigenvalue weighted by atomic mass is 9.79. The summed E-state index contributed by atoms with van der Waals surface area (Å²) in [5, 5.41) is 2.61. The molecular formula is C24H21N. The monoisotopic (exact) mass is 323 g/mol. The lowest BCUT2D eigenvalue weighted by Crippen LogP contribution is -2.13. The van der Waals surface area contributed by atoms with Crippen LogP contribution in [0.2, 0.25) is 0 Å². The fraction of sp³-hybridized carbons (Fsp3) is 0.167. The van der Waals surface area contributed by atoms with Crippen molar-refractivity contribution in [2.45, 2.75) is 12.8 Å². The third-order valence-corrected chi connectivity index (χ3v) is 5.55. The van der Waals surface area contributed by atoms with Gasteiger partial charge < -0.3 is 4.98 Å². The van der Waals surface area contributed by atoms with Crippen molar-refractivity contribution < 1.29 is 0 Å². The Balaban J connectivity index is 1.49. The molecule has 0 spiro atoms. The zero-order valence-corrected chi connectivity index (χ0v) is 14.2. The normalized spacial score (nSPS) is 22.6. The molecule has 1 aromatic heterocycles. The average molecular weight is 323 g/mol. The smallest absolute Gasteiger partial charge is 0.0470 e. The van der Waals surface area contributed by atoms with Crippen LogP contribution in [0.3, 0.4) is 0 Å². The number of H-pyrrole nitrogens is 1. The molecule has 1 heteroatoms. The van der Waals surface area contributed by atoms with Crippen molar-refractivity contribution in [2.75, 3.05) is 0 Å². The average Bonchev–Trinajstić information content (AvgIpc) is 3.06. The maximum absolute atomic E-state index is 3.57. The fourth-order valence-electron chi connectivity index (χ4n) is 4.18. The number of rotatable bonds is 2. The summed E-state index contributed by atoms with van der Waals surface area (Å²) >= 11 is 0. The minimum atomic E-state index is 0.597. The van der Waals surface area contributed by atoms with E-state index < -0.39 is 0 Å². The molecule has 2 unspecified atom stereocenters. The van der Waals surface area contributed by atoms with Crippen LogP contribution in [0, 0.1) is 11.8 Å². The Bertz CT molecular complexity index is 1060. The Morgan fingerprint density at radius 1 is 0.800 bits per heavy atom. The highest BCUT2D eigenvalue weighted by Gasteiger charge is 2.21. The van der Waals surface area contributed by atoms with Crippen molar-refractivity contribution in [2.24, 2.45) is 11.8 Å². The van der Waals surface area contributed by atoms with Gasteiger partial charge in [-0.3, -0.25) is 0 Å². The summed E-state index contributed by atoms with van der Waals surface area (Å²) in [5.41, 5.74) is 5.22. The number of aromatic nitrogens is 1. The maximum Gasteiger partial charge on any atom is 0.0470 e. The van der Waals surface area contributed by atoms with E-state index in [2.05, 4.69) is 90.0 Å². The Morgan fingerprint density at radius 2 is 1.68 bits per heavy atom. The molecule has 122 valence electrons. The molecule has 2 aromatic carbocycles. The largest absolute Gasteiger partial charge is 0.354 e. The Hall–Kier alpha value is -2.80. The lowest BCUT2D eigenvalue weighted by Gasteiger charge is -2.26. The molecule has 3 aromatic rings. The molecule has 1 N–H and O–H groups in total.